The van der Waals surface area contributed by atoms with E-state index in [-0.39, 0.29) is 6.04 Å². The summed E-state index contributed by atoms with van der Waals surface area (Å²) < 4.78 is 5.15. The van der Waals surface area contributed by atoms with Gasteiger partial charge in [0.1, 0.15) is 6.33 Å². The second-order valence-electron chi connectivity index (χ2n) is 4.18. The van der Waals surface area contributed by atoms with Crippen molar-refractivity contribution < 1.29 is 4.74 Å². The first kappa shape index (κ1) is 13.9. The summed E-state index contributed by atoms with van der Waals surface area (Å²) in [4.78, 5) is 12.9. The van der Waals surface area contributed by atoms with Gasteiger partial charge in [-0.1, -0.05) is 6.92 Å². The SMILES string of the molecule is CCNC(Cc1nc(C)cs1)c1cc(OC)ncn1. The first-order chi connectivity index (χ1) is 9.22. The van der Waals surface area contributed by atoms with E-state index in [2.05, 4.69) is 32.6 Å². The average molecular weight is 278 g/mol. The second kappa shape index (κ2) is 6.58. The van der Waals surface area contributed by atoms with Crippen molar-refractivity contribution in [2.24, 2.45) is 0 Å². The quantitative estimate of drug-likeness (QED) is 0.877. The van der Waals surface area contributed by atoms with E-state index in [0.29, 0.717) is 5.88 Å². The number of methoxy groups -OCH3 is 1. The van der Waals surface area contributed by atoms with Crippen molar-refractivity contribution in [2.75, 3.05) is 13.7 Å². The van der Waals surface area contributed by atoms with Crippen LogP contribution >= 0.6 is 11.3 Å². The Morgan fingerprint density at radius 2 is 2.26 bits per heavy atom. The molecule has 1 unspecified atom stereocenters. The van der Waals surface area contributed by atoms with Crippen LogP contribution in [-0.4, -0.2) is 28.6 Å². The summed E-state index contributed by atoms with van der Waals surface area (Å²) in [6, 6.07) is 2.00. The maximum atomic E-state index is 5.15. The molecule has 19 heavy (non-hydrogen) atoms. The third-order valence-corrected chi connectivity index (χ3v) is 3.71. The van der Waals surface area contributed by atoms with Crippen molar-refractivity contribution in [3.8, 4) is 5.88 Å². The number of hydrogen-bond donors (Lipinski definition) is 1. The highest BCUT2D eigenvalue weighted by molar-refractivity contribution is 7.09. The summed E-state index contributed by atoms with van der Waals surface area (Å²) in [6.07, 6.45) is 2.36. The molecular formula is C13H18N4OS. The number of thiazole rings is 1. The molecule has 0 aromatic carbocycles. The van der Waals surface area contributed by atoms with Crippen LogP contribution in [0, 0.1) is 6.92 Å². The van der Waals surface area contributed by atoms with E-state index >= 15 is 0 Å². The standard InChI is InChI=1S/C13H18N4OS/c1-4-14-11(6-13-17-9(2)7-19-13)10-5-12(18-3)16-8-15-10/h5,7-8,11,14H,4,6H2,1-3H3. The summed E-state index contributed by atoms with van der Waals surface area (Å²) in [5, 5.41) is 6.61. The summed E-state index contributed by atoms with van der Waals surface area (Å²) >= 11 is 1.68. The van der Waals surface area contributed by atoms with Gasteiger partial charge < -0.3 is 10.1 Å². The lowest BCUT2D eigenvalue weighted by Crippen LogP contribution is -2.24. The highest BCUT2D eigenvalue weighted by Gasteiger charge is 2.15. The van der Waals surface area contributed by atoms with E-state index < -0.39 is 0 Å². The van der Waals surface area contributed by atoms with Gasteiger partial charge in [-0.25, -0.2) is 15.0 Å². The van der Waals surface area contributed by atoms with Gasteiger partial charge in [0.2, 0.25) is 5.88 Å². The topological polar surface area (TPSA) is 59.9 Å². The molecule has 102 valence electrons. The van der Waals surface area contributed by atoms with Gasteiger partial charge in [-0.05, 0) is 13.5 Å². The van der Waals surface area contributed by atoms with E-state index in [9.17, 15) is 0 Å². The molecular weight excluding hydrogens is 260 g/mol. The molecule has 1 N–H and O–H groups in total. The second-order valence-corrected chi connectivity index (χ2v) is 5.12. The molecule has 6 heteroatoms. The Hall–Kier alpha value is -1.53. The van der Waals surface area contributed by atoms with E-state index in [0.717, 1.165) is 29.4 Å². The molecule has 0 saturated carbocycles. The van der Waals surface area contributed by atoms with Crippen LogP contribution < -0.4 is 10.1 Å². The van der Waals surface area contributed by atoms with Crippen LogP contribution in [0.3, 0.4) is 0 Å². The van der Waals surface area contributed by atoms with Gasteiger partial charge in [0.25, 0.3) is 0 Å². The molecule has 0 spiro atoms. The fraction of sp³-hybridized carbons (Fsp3) is 0.462. The molecule has 0 aliphatic carbocycles. The fourth-order valence-electron chi connectivity index (χ4n) is 1.85. The van der Waals surface area contributed by atoms with Gasteiger partial charge in [0.05, 0.1) is 23.9 Å². The lowest BCUT2D eigenvalue weighted by molar-refractivity contribution is 0.393. The zero-order valence-electron chi connectivity index (χ0n) is 11.4. The number of ether oxygens (including phenoxy) is 1. The summed E-state index contributed by atoms with van der Waals surface area (Å²) in [7, 11) is 1.61. The Kier molecular flexibility index (Phi) is 4.81. The molecule has 5 nitrogen and oxygen atoms in total. The third kappa shape index (κ3) is 3.71. The molecule has 1 atom stereocenters. The Morgan fingerprint density at radius 1 is 1.42 bits per heavy atom. The van der Waals surface area contributed by atoms with E-state index in [4.69, 9.17) is 4.74 Å². The molecule has 2 heterocycles. The van der Waals surface area contributed by atoms with Crippen LogP contribution in [0.4, 0.5) is 0 Å². The Morgan fingerprint density at radius 3 is 2.89 bits per heavy atom. The van der Waals surface area contributed by atoms with Crippen molar-refractivity contribution in [3.63, 3.8) is 0 Å². The van der Waals surface area contributed by atoms with Crippen LogP contribution in [-0.2, 0) is 6.42 Å². The molecule has 2 aromatic heterocycles. The lowest BCUT2D eigenvalue weighted by atomic mass is 10.1. The molecule has 0 aliphatic rings. The molecule has 0 saturated heterocycles. The summed E-state index contributed by atoms with van der Waals surface area (Å²) in [5.74, 6) is 0.586. The van der Waals surface area contributed by atoms with Crippen LogP contribution in [0.25, 0.3) is 0 Å². The largest absolute Gasteiger partial charge is 0.481 e. The Balaban J connectivity index is 2.18. The van der Waals surface area contributed by atoms with E-state index in [1.54, 1.807) is 18.4 Å². The van der Waals surface area contributed by atoms with Gasteiger partial charge in [-0.3, -0.25) is 0 Å². The van der Waals surface area contributed by atoms with Gasteiger partial charge in [0, 0.05) is 23.6 Å². The van der Waals surface area contributed by atoms with E-state index in [1.165, 1.54) is 6.33 Å². The van der Waals surface area contributed by atoms with Crippen molar-refractivity contribution in [2.45, 2.75) is 26.3 Å². The summed E-state index contributed by atoms with van der Waals surface area (Å²) in [5.41, 5.74) is 2.00. The highest BCUT2D eigenvalue weighted by atomic mass is 32.1. The minimum atomic E-state index is 0.132. The summed E-state index contributed by atoms with van der Waals surface area (Å²) in [6.45, 7) is 4.97. The number of aryl methyl sites for hydroxylation is 1. The van der Waals surface area contributed by atoms with Gasteiger partial charge in [0.15, 0.2) is 0 Å². The van der Waals surface area contributed by atoms with Crippen LogP contribution in [0.2, 0.25) is 0 Å². The maximum absolute atomic E-state index is 5.15. The monoisotopic (exact) mass is 278 g/mol. The molecule has 0 fully saturated rings. The minimum Gasteiger partial charge on any atom is -0.481 e. The van der Waals surface area contributed by atoms with Gasteiger partial charge in [-0.2, -0.15) is 0 Å². The zero-order chi connectivity index (χ0) is 13.7. The van der Waals surface area contributed by atoms with Crippen molar-refractivity contribution in [3.05, 3.63) is 34.2 Å². The number of likely N-dealkylation sites (N-methyl/N-ethyl adjacent to an activating group) is 1. The average Bonchev–Trinajstić information content (AvgIpc) is 2.84. The van der Waals surface area contributed by atoms with Crippen LogP contribution in [0.5, 0.6) is 5.88 Å². The van der Waals surface area contributed by atoms with Crippen LogP contribution in [0.15, 0.2) is 17.8 Å². The third-order valence-electron chi connectivity index (χ3n) is 2.73. The fourth-order valence-corrected chi connectivity index (χ4v) is 2.67. The number of aromatic nitrogens is 3. The molecule has 0 bridgehead atoms. The predicted octanol–water partition coefficient (Wildman–Crippen LogP) is 2.14. The number of nitrogens with zero attached hydrogens (tertiary/aromatic N) is 3. The normalized spacial score (nSPS) is 12.4. The predicted molar refractivity (Wildman–Crippen MR) is 75.6 cm³/mol. The number of rotatable bonds is 6. The molecule has 0 aliphatic heterocycles. The van der Waals surface area contributed by atoms with Crippen LogP contribution in [0.1, 0.15) is 29.4 Å². The van der Waals surface area contributed by atoms with Crippen molar-refractivity contribution >= 4 is 11.3 Å². The van der Waals surface area contributed by atoms with Gasteiger partial charge in [-0.15, -0.1) is 11.3 Å². The Bertz CT molecular complexity index is 529. The van der Waals surface area contributed by atoms with Gasteiger partial charge >= 0.3 is 0 Å². The van der Waals surface area contributed by atoms with E-state index in [1.807, 2.05) is 13.0 Å². The number of hydrogen-bond acceptors (Lipinski definition) is 6. The maximum Gasteiger partial charge on any atom is 0.216 e. The molecule has 0 radical (unpaired) electrons. The smallest absolute Gasteiger partial charge is 0.216 e. The molecule has 2 aromatic rings. The molecule has 2 rings (SSSR count). The first-order valence-corrected chi connectivity index (χ1v) is 7.11. The van der Waals surface area contributed by atoms with Crippen molar-refractivity contribution in [1.82, 2.24) is 20.3 Å². The first-order valence-electron chi connectivity index (χ1n) is 6.23. The van der Waals surface area contributed by atoms with Crippen molar-refractivity contribution in [1.29, 1.82) is 0 Å². The highest BCUT2D eigenvalue weighted by Crippen LogP contribution is 2.21. The molecule has 0 amide bonds. The Labute approximate surface area is 117 Å². The minimum absolute atomic E-state index is 0.132. The number of nitrogens with one attached hydrogen (secondary N) is 1. The zero-order valence-corrected chi connectivity index (χ0v) is 12.2. The lowest BCUT2D eigenvalue weighted by Gasteiger charge is -2.16.